The summed E-state index contributed by atoms with van der Waals surface area (Å²) in [4.78, 5) is 14.1. The van der Waals surface area contributed by atoms with Crippen molar-refractivity contribution in [3.63, 3.8) is 0 Å². The normalized spacial score (nSPS) is 11.0. The highest BCUT2D eigenvalue weighted by Crippen LogP contribution is 2.43. The van der Waals surface area contributed by atoms with Gasteiger partial charge in [-0.25, -0.2) is 0 Å². The molecule has 0 radical (unpaired) electrons. The molecule has 2 aromatic carbocycles. The minimum absolute atomic E-state index is 0.0166. The zero-order valence-electron chi connectivity index (χ0n) is 11.2. The van der Waals surface area contributed by atoms with Gasteiger partial charge < -0.3 is 15.2 Å². The van der Waals surface area contributed by atoms with E-state index in [9.17, 15) is 9.90 Å². The lowest BCUT2D eigenvalue weighted by molar-refractivity contribution is -0.136. The number of H-pyrrole nitrogens is 1. The van der Waals surface area contributed by atoms with Crippen molar-refractivity contribution < 1.29 is 15.0 Å². The molecule has 3 rings (SSSR count). The number of phenolic OH excluding ortho intramolecular Hbond substituents is 1. The lowest BCUT2D eigenvalue weighted by atomic mass is 9.97. The summed E-state index contributed by atoms with van der Waals surface area (Å²) in [5, 5.41) is 20.7. The summed E-state index contributed by atoms with van der Waals surface area (Å²) >= 11 is 12.3. The van der Waals surface area contributed by atoms with Crippen LogP contribution in [0.15, 0.2) is 36.5 Å². The van der Waals surface area contributed by atoms with Crippen LogP contribution in [0.25, 0.3) is 22.0 Å². The topological polar surface area (TPSA) is 73.3 Å². The Labute approximate surface area is 135 Å². The molecule has 0 bridgehead atoms. The van der Waals surface area contributed by atoms with E-state index in [-0.39, 0.29) is 12.2 Å². The Hall–Kier alpha value is -2.17. The average Bonchev–Trinajstić information content (AvgIpc) is 2.85. The van der Waals surface area contributed by atoms with E-state index in [0.29, 0.717) is 32.1 Å². The summed E-state index contributed by atoms with van der Waals surface area (Å²) in [6, 6.07) is 8.35. The third kappa shape index (κ3) is 2.40. The molecule has 6 heteroatoms. The molecular weight excluding hydrogens is 325 g/mol. The minimum atomic E-state index is -0.951. The highest BCUT2D eigenvalue weighted by atomic mass is 35.5. The van der Waals surface area contributed by atoms with Gasteiger partial charge in [-0.2, -0.15) is 0 Å². The monoisotopic (exact) mass is 335 g/mol. The Bertz CT molecular complexity index is 886. The number of aromatic amines is 1. The molecule has 22 heavy (non-hydrogen) atoms. The summed E-state index contributed by atoms with van der Waals surface area (Å²) in [7, 11) is 0. The predicted molar refractivity (Wildman–Crippen MR) is 86.8 cm³/mol. The predicted octanol–water partition coefficient (Wildman–Crippen LogP) is 4.47. The molecule has 112 valence electrons. The Morgan fingerprint density at radius 3 is 2.68 bits per heavy atom. The minimum Gasteiger partial charge on any atom is -0.507 e. The summed E-state index contributed by atoms with van der Waals surface area (Å²) in [5.74, 6) is -0.935. The van der Waals surface area contributed by atoms with Crippen molar-refractivity contribution in [3.8, 4) is 16.9 Å². The Morgan fingerprint density at radius 1 is 1.18 bits per heavy atom. The maximum absolute atomic E-state index is 11.0. The number of rotatable bonds is 3. The van der Waals surface area contributed by atoms with Crippen LogP contribution in [0.1, 0.15) is 5.56 Å². The number of carboxylic acid groups (broad SMARTS) is 1. The molecule has 0 aliphatic heterocycles. The second-order valence-corrected chi connectivity index (χ2v) is 5.65. The smallest absolute Gasteiger partial charge is 0.307 e. The molecule has 0 spiro atoms. The van der Waals surface area contributed by atoms with Gasteiger partial charge >= 0.3 is 5.97 Å². The van der Waals surface area contributed by atoms with Gasteiger partial charge in [0.25, 0.3) is 0 Å². The third-order valence-corrected chi connectivity index (χ3v) is 4.29. The SMILES string of the molecule is O=C(O)Cc1c[nH]c2ccc(O)c(-c3cccc(Cl)c3Cl)c12. The molecule has 0 atom stereocenters. The number of carbonyl (C=O) groups is 1. The number of halogens is 2. The van der Waals surface area contributed by atoms with Crippen molar-refractivity contribution in [3.05, 3.63) is 52.1 Å². The van der Waals surface area contributed by atoms with Crippen LogP contribution in [0.2, 0.25) is 10.0 Å². The highest BCUT2D eigenvalue weighted by Gasteiger charge is 2.18. The molecule has 3 N–H and O–H groups in total. The lowest BCUT2D eigenvalue weighted by Crippen LogP contribution is -1.99. The summed E-state index contributed by atoms with van der Waals surface area (Å²) in [6.45, 7) is 0. The van der Waals surface area contributed by atoms with Crippen LogP contribution in [-0.4, -0.2) is 21.2 Å². The molecule has 1 heterocycles. The first-order valence-corrected chi connectivity index (χ1v) is 7.22. The van der Waals surface area contributed by atoms with Crippen LogP contribution in [-0.2, 0) is 11.2 Å². The fourth-order valence-electron chi connectivity index (χ4n) is 2.55. The van der Waals surface area contributed by atoms with Crippen molar-refractivity contribution in [2.24, 2.45) is 0 Å². The van der Waals surface area contributed by atoms with Crippen molar-refractivity contribution in [1.29, 1.82) is 0 Å². The van der Waals surface area contributed by atoms with Crippen molar-refractivity contribution in [1.82, 2.24) is 4.98 Å². The van der Waals surface area contributed by atoms with Crippen molar-refractivity contribution in [2.75, 3.05) is 0 Å². The first kappa shape index (κ1) is 14.8. The number of aliphatic carboxylic acids is 1. The van der Waals surface area contributed by atoms with Gasteiger partial charge in [0.05, 0.1) is 16.5 Å². The zero-order valence-corrected chi connectivity index (χ0v) is 12.7. The summed E-state index contributed by atoms with van der Waals surface area (Å²) in [5.41, 5.74) is 2.33. The summed E-state index contributed by atoms with van der Waals surface area (Å²) in [6.07, 6.45) is 1.47. The van der Waals surface area contributed by atoms with E-state index in [1.165, 1.54) is 6.07 Å². The fourth-order valence-corrected chi connectivity index (χ4v) is 2.95. The van der Waals surface area contributed by atoms with Gasteiger partial charge in [0, 0.05) is 28.2 Å². The molecule has 0 fully saturated rings. The second kappa shape index (κ2) is 5.55. The first-order valence-electron chi connectivity index (χ1n) is 6.47. The standard InChI is InChI=1S/C16H11Cl2NO3/c17-10-3-1-2-9(16(10)18)15-12(20)5-4-11-14(15)8(7-19-11)6-13(21)22/h1-5,7,19-20H,6H2,(H,21,22). The molecule has 0 saturated heterocycles. The van der Waals surface area contributed by atoms with E-state index in [2.05, 4.69) is 4.98 Å². The van der Waals surface area contributed by atoms with Crippen LogP contribution in [0.4, 0.5) is 0 Å². The number of fused-ring (bicyclic) bond motifs is 1. The van der Waals surface area contributed by atoms with Crippen molar-refractivity contribution >= 4 is 40.1 Å². The van der Waals surface area contributed by atoms with E-state index < -0.39 is 5.97 Å². The van der Waals surface area contributed by atoms with E-state index in [1.54, 1.807) is 30.5 Å². The van der Waals surface area contributed by atoms with Gasteiger partial charge in [0.1, 0.15) is 5.75 Å². The zero-order chi connectivity index (χ0) is 15.9. The number of carboxylic acids is 1. The number of hydrogen-bond donors (Lipinski definition) is 3. The number of aromatic nitrogens is 1. The molecule has 4 nitrogen and oxygen atoms in total. The van der Waals surface area contributed by atoms with Gasteiger partial charge in [-0.05, 0) is 23.8 Å². The number of benzene rings is 2. The van der Waals surface area contributed by atoms with Crippen LogP contribution in [0.3, 0.4) is 0 Å². The third-order valence-electron chi connectivity index (χ3n) is 3.47. The molecule has 0 aliphatic rings. The molecule has 1 aromatic heterocycles. The number of phenols is 1. The average molecular weight is 336 g/mol. The molecule has 0 amide bonds. The largest absolute Gasteiger partial charge is 0.507 e. The number of nitrogens with one attached hydrogen (secondary N) is 1. The maximum Gasteiger partial charge on any atom is 0.307 e. The van der Waals surface area contributed by atoms with Crippen LogP contribution in [0, 0.1) is 0 Å². The molecule has 0 aliphatic carbocycles. The second-order valence-electron chi connectivity index (χ2n) is 4.87. The van der Waals surface area contributed by atoms with Crippen LogP contribution >= 0.6 is 23.2 Å². The Balaban J connectivity index is 2.36. The van der Waals surface area contributed by atoms with E-state index in [0.717, 1.165) is 5.52 Å². The summed E-state index contributed by atoms with van der Waals surface area (Å²) < 4.78 is 0. The maximum atomic E-state index is 11.0. The van der Waals surface area contributed by atoms with Gasteiger partial charge in [-0.15, -0.1) is 0 Å². The molecule has 0 unspecified atom stereocenters. The van der Waals surface area contributed by atoms with Gasteiger partial charge in [0.15, 0.2) is 0 Å². The number of hydrogen-bond acceptors (Lipinski definition) is 2. The Kier molecular flexibility index (Phi) is 3.72. The fraction of sp³-hybridized carbons (Fsp3) is 0.0625. The van der Waals surface area contributed by atoms with E-state index >= 15 is 0 Å². The van der Waals surface area contributed by atoms with Crippen molar-refractivity contribution in [2.45, 2.75) is 6.42 Å². The molecular formula is C16H11Cl2NO3. The Morgan fingerprint density at radius 2 is 1.95 bits per heavy atom. The highest BCUT2D eigenvalue weighted by molar-refractivity contribution is 6.44. The van der Waals surface area contributed by atoms with Gasteiger partial charge in [0.2, 0.25) is 0 Å². The molecule has 0 saturated carbocycles. The van der Waals surface area contributed by atoms with Crippen LogP contribution in [0.5, 0.6) is 5.75 Å². The van der Waals surface area contributed by atoms with Gasteiger partial charge in [-0.3, -0.25) is 4.79 Å². The quantitative estimate of drug-likeness (QED) is 0.660. The molecule has 3 aromatic rings. The van der Waals surface area contributed by atoms with E-state index in [4.69, 9.17) is 28.3 Å². The number of aromatic hydroxyl groups is 1. The van der Waals surface area contributed by atoms with Crippen LogP contribution < -0.4 is 0 Å². The lowest BCUT2D eigenvalue weighted by Gasteiger charge is -2.11. The van der Waals surface area contributed by atoms with Gasteiger partial charge in [-0.1, -0.05) is 35.3 Å². The first-order chi connectivity index (χ1) is 10.5. The van der Waals surface area contributed by atoms with E-state index in [1.807, 2.05) is 0 Å².